The van der Waals surface area contributed by atoms with E-state index in [1.54, 1.807) is 0 Å². The number of aliphatic hydroxyl groups excluding tert-OH is 1. The Labute approximate surface area is 319 Å². The summed E-state index contributed by atoms with van der Waals surface area (Å²) in [5, 5.41) is 12.7. The molecule has 10 heteroatoms. The van der Waals surface area contributed by atoms with Gasteiger partial charge in [-0.05, 0) is 44.9 Å². The molecule has 0 aromatic rings. The van der Waals surface area contributed by atoms with Crippen molar-refractivity contribution in [2.24, 2.45) is 0 Å². The zero-order valence-electron chi connectivity index (χ0n) is 33.5. The normalized spacial score (nSPS) is 13.5. The molecule has 0 rings (SSSR count). The molecule has 0 radical (unpaired) electrons. The molecular formula is C42H80NO8P. The summed E-state index contributed by atoms with van der Waals surface area (Å²) < 4.78 is 26.8. The number of hydrogen-bond acceptors (Lipinski definition) is 7. The van der Waals surface area contributed by atoms with Crippen molar-refractivity contribution in [3.8, 4) is 0 Å². The molecule has 1 amide bonds. The quantitative estimate of drug-likeness (QED) is 0.0244. The van der Waals surface area contributed by atoms with E-state index in [1.807, 2.05) is 0 Å². The molecule has 0 aromatic carbocycles. The summed E-state index contributed by atoms with van der Waals surface area (Å²) in [6, 6.07) is 0. The van der Waals surface area contributed by atoms with Crippen LogP contribution in [0.3, 0.4) is 0 Å². The first-order valence-corrected chi connectivity index (χ1v) is 22.8. The molecule has 0 fully saturated rings. The molecule has 52 heavy (non-hydrogen) atoms. The maximum absolute atomic E-state index is 12.1. The number of esters is 1. The summed E-state index contributed by atoms with van der Waals surface area (Å²) in [6.07, 6.45) is 41.0. The molecule has 2 atom stereocenters. The van der Waals surface area contributed by atoms with E-state index in [0.717, 1.165) is 64.2 Å². The highest BCUT2D eigenvalue weighted by Crippen LogP contribution is 2.42. The Kier molecular flexibility index (Phi) is 38.1. The Bertz CT molecular complexity index is 912. The van der Waals surface area contributed by atoms with Gasteiger partial charge in [0.1, 0.15) is 12.7 Å². The molecule has 306 valence electrons. The summed E-state index contributed by atoms with van der Waals surface area (Å²) in [5.41, 5.74) is 0. The molecule has 0 aliphatic heterocycles. The maximum Gasteiger partial charge on any atom is 0.472 e. The van der Waals surface area contributed by atoms with E-state index in [2.05, 4.69) is 43.5 Å². The van der Waals surface area contributed by atoms with Crippen molar-refractivity contribution in [2.75, 3.05) is 26.4 Å². The first-order valence-electron chi connectivity index (χ1n) is 21.3. The van der Waals surface area contributed by atoms with Crippen LogP contribution in [0.5, 0.6) is 0 Å². The van der Waals surface area contributed by atoms with Gasteiger partial charge in [-0.3, -0.25) is 18.6 Å². The van der Waals surface area contributed by atoms with Gasteiger partial charge >= 0.3 is 13.8 Å². The Balaban J connectivity index is 3.61. The summed E-state index contributed by atoms with van der Waals surface area (Å²) >= 11 is 0. The number of hydrogen-bond donors (Lipinski definition) is 3. The van der Waals surface area contributed by atoms with Crippen molar-refractivity contribution in [2.45, 2.75) is 206 Å². The summed E-state index contributed by atoms with van der Waals surface area (Å²) in [5.74, 6) is -0.525. The lowest BCUT2D eigenvalue weighted by molar-refractivity contribution is -0.147. The average Bonchev–Trinajstić information content (AvgIpc) is 3.13. The lowest BCUT2D eigenvalue weighted by Gasteiger charge is -2.15. The topological polar surface area (TPSA) is 131 Å². The van der Waals surface area contributed by atoms with Crippen LogP contribution in [-0.2, 0) is 27.9 Å². The van der Waals surface area contributed by atoms with Gasteiger partial charge in [0.25, 0.3) is 0 Å². The molecule has 0 saturated heterocycles. The van der Waals surface area contributed by atoms with Crippen molar-refractivity contribution in [3.63, 3.8) is 0 Å². The summed E-state index contributed by atoms with van der Waals surface area (Å²) in [6.45, 7) is 3.53. The zero-order chi connectivity index (χ0) is 38.2. The van der Waals surface area contributed by atoms with Crippen LogP contribution < -0.4 is 5.32 Å². The smallest absolute Gasteiger partial charge is 0.463 e. The van der Waals surface area contributed by atoms with E-state index in [9.17, 15) is 24.2 Å². The van der Waals surface area contributed by atoms with Crippen LogP contribution in [0.4, 0.5) is 0 Å². The van der Waals surface area contributed by atoms with Crippen LogP contribution in [0.2, 0.25) is 0 Å². The third-order valence-electron chi connectivity index (χ3n) is 9.13. The number of unbranched alkanes of at least 4 members (excludes halogenated alkanes) is 23. The number of amides is 1. The first-order chi connectivity index (χ1) is 25.3. The monoisotopic (exact) mass is 758 g/mol. The van der Waals surface area contributed by atoms with E-state index in [0.29, 0.717) is 6.42 Å². The van der Waals surface area contributed by atoms with Gasteiger partial charge in [0, 0.05) is 19.4 Å². The second kappa shape index (κ2) is 39.2. The Morgan fingerprint density at radius 3 is 1.56 bits per heavy atom. The summed E-state index contributed by atoms with van der Waals surface area (Å²) in [7, 11) is -4.41. The van der Waals surface area contributed by atoms with Crippen molar-refractivity contribution in [3.05, 3.63) is 24.3 Å². The fourth-order valence-corrected chi connectivity index (χ4v) is 6.64. The number of phosphoric ester groups is 1. The van der Waals surface area contributed by atoms with E-state index in [4.69, 9.17) is 13.8 Å². The van der Waals surface area contributed by atoms with E-state index < -0.39 is 26.5 Å². The van der Waals surface area contributed by atoms with Gasteiger partial charge < -0.3 is 20.1 Å². The lowest BCUT2D eigenvalue weighted by Crippen LogP contribution is -2.27. The van der Waals surface area contributed by atoms with Crippen molar-refractivity contribution in [1.82, 2.24) is 5.32 Å². The molecule has 0 saturated carbocycles. The van der Waals surface area contributed by atoms with Crippen molar-refractivity contribution in [1.29, 1.82) is 0 Å². The highest BCUT2D eigenvalue weighted by Gasteiger charge is 2.23. The van der Waals surface area contributed by atoms with Gasteiger partial charge in [0.05, 0.1) is 13.2 Å². The number of phosphoric acid groups is 1. The number of aliphatic hydroxyl groups is 1. The van der Waals surface area contributed by atoms with Crippen LogP contribution >= 0.6 is 7.82 Å². The first kappa shape index (κ1) is 50.5. The molecular weight excluding hydrogens is 677 g/mol. The lowest BCUT2D eigenvalue weighted by atomic mass is 10.0. The minimum atomic E-state index is -4.41. The van der Waals surface area contributed by atoms with Crippen LogP contribution in [0.1, 0.15) is 200 Å². The molecule has 2 unspecified atom stereocenters. The van der Waals surface area contributed by atoms with Gasteiger partial charge in [-0.15, -0.1) is 0 Å². The third kappa shape index (κ3) is 39.7. The minimum Gasteiger partial charge on any atom is -0.463 e. The highest BCUT2D eigenvalue weighted by molar-refractivity contribution is 7.47. The third-order valence-corrected chi connectivity index (χ3v) is 10.1. The molecule has 0 spiro atoms. The zero-order valence-corrected chi connectivity index (χ0v) is 34.4. The second-order valence-electron chi connectivity index (χ2n) is 14.3. The minimum absolute atomic E-state index is 0.0760. The van der Waals surface area contributed by atoms with Crippen LogP contribution in [0.15, 0.2) is 24.3 Å². The number of carbonyl (C=O) groups is 2. The Hall–Kier alpha value is -1.51. The largest absolute Gasteiger partial charge is 0.472 e. The fourth-order valence-electron chi connectivity index (χ4n) is 5.88. The van der Waals surface area contributed by atoms with Gasteiger partial charge in [-0.25, -0.2) is 4.57 Å². The average molecular weight is 758 g/mol. The van der Waals surface area contributed by atoms with Crippen LogP contribution in [-0.4, -0.2) is 54.3 Å². The van der Waals surface area contributed by atoms with Gasteiger partial charge in [0.15, 0.2) is 0 Å². The fraction of sp³-hybridized carbons (Fsp3) is 0.857. The Morgan fingerprint density at radius 2 is 1.04 bits per heavy atom. The summed E-state index contributed by atoms with van der Waals surface area (Å²) in [4.78, 5) is 33.9. The highest BCUT2D eigenvalue weighted by atomic mass is 31.2. The van der Waals surface area contributed by atoms with Crippen LogP contribution in [0.25, 0.3) is 0 Å². The van der Waals surface area contributed by atoms with Gasteiger partial charge in [-0.1, -0.05) is 167 Å². The number of carbonyl (C=O) groups excluding carboxylic acids is 2. The second-order valence-corrected chi connectivity index (χ2v) is 15.8. The molecule has 0 aliphatic carbocycles. The Morgan fingerprint density at radius 1 is 0.596 bits per heavy atom. The number of rotatable bonds is 40. The van der Waals surface area contributed by atoms with Crippen molar-refractivity contribution >= 4 is 19.7 Å². The molecule has 0 aliphatic rings. The van der Waals surface area contributed by atoms with E-state index in [1.165, 1.54) is 109 Å². The SMILES string of the molecule is CCCCCC/C=C\C/C=C\CCCCCCCC(=O)NCCOP(=O)(O)OCC(O)COC(=O)CCCCCCCCCCCCCCCCC. The molecule has 0 heterocycles. The molecule has 3 N–H and O–H groups in total. The molecule has 0 bridgehead atoms. The predicted octanol–water partition coefficient (Wildman–Crippen LogP) is 11.6. The maximum atomic E-state index is 12.1. The van der Waals surface area contributed by atoms with Crippen LogP contribution in [0, 0.1) is 0 Å². The van der Waals surface area contributed by atoms with E-state index in [-0.39, 0.29) is 32.1 Å². The molecule has 9 nitrogen and oxygen atoms in total. The predicted molar refractivity (Wildman–Crippen MR) is 215 cm³/mol. The number of allylic oxidation sites excluding steroid dienone is 4. The standard InChI is InChI=1S/C42H80NO8P/c1-3-5-7-9-11-13-15-17-19-21-22-24-26-28-30-32-34-41(45)43-36-37-50-52(47,48)51-39-40(44)38-49-42(46)35-33-31-29-27-25-23-20-18-16-14-12-10-8-6-4-2/h13,15,19,21,40,44H,3-12,14,16-18,20,22-39H2,1-2H3,(H,43,45)(H,47,48)/b15-13-,21-19-. The van der Waals surface area contributed by atoms with Gasteiger partial charge in [0.2, 0.25) is 5.91 Å². The van der Waals surface area contributed by atoms with Crippen molar-refractivity contribution < 1.29 is 37.9 Å². The number of ether oxygens (including phenoxy) is 1. The van der Waals surface area contributed by atoms with E-state index >= 15 is 0 Å². The number of nitrogens with one attached hydrogen (secondary N) is 1. The van der Waals surface area contributed by atoms with Gasteiger partial charge in [-0.2, -0.15) is 0 Å². The molecule has 0 aromatic heterocycles.